The van der Waals surface area contributed by atoms with Crippen molar-refractivity contribution >= 4 is 11.6 Å². The van der Waals surface area contributed by atoms with Crippen LogP contribution in [0, 0.1) is 0 Å². The molecule has 6 nitrogen and oxygen atoms in total. The lowest BCUT2D eigenvalue weighted by Gasteiger charge is -2.21. The fraction of sp³-hybridized carbons (Fsp3) is 0.692. The SMILES string of the molecule is COCCCNc1cc(N2CCCNCC2)ncn1. The van der Waals surface area contributed by atoms with Crippen LogP contribution < -0.4 is 15.5 Å². The Morgan fingerprint density at radius 3 is 3.21 bits per heavy atom. The number of rotatable bonds is 6. The average Bonchev–Trinajstić information content (AvgIpc) is 2.73. The molecule has 2 rings (SSSR count). The molecule has 0 spiro atoms. The van der Waals surface area contributed by atoms with Crippen molar-refractivity contribution in [2.75, 3.05) is 56.7 Å². The van der Waals surface area contributed by atoms with Gasteiger partial charge in [-0.25, -0.2) is 9.97 Å². The number of methoxy groups -OCH3 is 1. The number of anilines is 2. The molecule has 6 heteroatoms. The number of hydrogen-bond donors (Lipinski definition) is 2. The number of ether oxygens (including phenoxy) is 1. The lowest BCUT2D eigenvalue weighted by atomic mass is 10.3. The zero-order valence-electron chi connectivity index (χ0n) is 11.6. The third-order valence-corrected chi connectivity index (χ3v) is 3.15. The molecule has 2 heterocycles. The molecular weight excluding hydrogens is 242 g/mol. The molecule has 0 aliphatic carbocycles. The van der Waals surface area contributed by atoms with E-state index in [9.17, 15) is 0 Å². The molecule has 0 amide bonds. The monoisotopic (exact) mass is 265 g/mol. The predicted octanol–water partition coefficient (Wildman–Crippen LogP) is 0.725. The van der Waals surface area contributed by atoms with Gasteiger partial charge in [-0.2, -0.15) is 0 Å². The van der Waals surface area contributed by atoms with Crippen LogP contribution in [0.2, 0.25) is 0 Å². The maximum absolute atomic E-state index is 5.02. The summed E-state index contributed by atoms with van der Waals surface area (Å²) in [7, 11) is 1.72. The zero-order valence-corrected chi connectivity index (χ0v) is 11.6. The van der Waals surface area contributed by atoms with Gasteiger partial charge >= 0.3 is 0 Å². The van der Waals surface area contributed by atoms with Crippen molar-refractivity contribution in [2.45, 2.75) is 12.8 Å². The Hall–Kier alpha value is -1.40. The van der Waals surface area contributed by atoms with Crippen molar-refractivity contribution in [3.05, 3.63) is 12.4 Å². The summed E-state index contributed by atoms with van der Waals surface area (Å²) in [6, 6.07) is 2.03. The summed E-state index contributed by atoms with van der Waals surface area (Å²) in [4.78, 5) is 10.9. The Kier molecular flexibility index (Phi) is 5.84. The molecular formula is C13H23N5O. The molecule has 106 valence electrons. The van der Waals surface area contributed by atoms with Crippen LogP contribution in [-0.4, -0.2) is 56.4 Å². The topological polar surface area (TPSA) is 62.3 Å². The van der Waals surface area contributed by atoms with Crippen LogP contribution in [0.25, 0.3) is 0 Å². The third kappa shape index (κ3) is 4.65. The molecule has 1 aliphatic rings. The number of nitrogens with zero attached hydrogens (tertiary/aromatic N) is 3. The lowest BCUT2D eigenvalue weighted by molar-refractivity contribution is 0.198. The molecule has 1 aliphatic heterocycles. The van der Waals surface area contributed by atoms with Gasteiger partial charge in [0.15, 0.2) is 0 Å². The highest BCUT2D eigenvalue weighted by Gasteiger charge is 2.11. The van der Waals surface area contributed by atoms with Crippen LogP contribution in [-0.2, 0) is 4.74 Å². The average molecular weight is 265 g/mol. The second kappa shape index (κ2) is 7.91. The zero-order chi connectivity index (χ0) is 13.3. The minimum Gasteiger partial charge on any atom is -0.385 e. The quantitative estimate of drug-likeness (QED) is 0.739. The van der Waals surface area contributed by atoms with Crippen molar-refractivity contribution in [2.24, 2.45) is 0 Å². The smallest absolute Gasteiger partial charge is 0.134 e. The summed E-state index contributed by atoms with van der Waals surface area (Å²) in [5.41, 5.74) is 0. The summed E-state index contributed by atoms with van der Waals surface area (Å²) in [5.74, 6) is 1.89. The summed E-state index contributed by atoms with van der Waals surface area (Å²) in [5, 5.41) is 6.70. The molecule has 1 aromatic heterocycles. The van der Waals surface area contributed by atoms with Crippen LogP contribution in [0.1, 0.15) is 12.8 Å². The molecule has 1 saturated heterocycles. The van der Waals surface area contributed by atoms with Crippen molar-refractivity contribution in [1.82, 2.24) is 15.3 Å². The van der Waals surface area contributed by atoms with Crippen LogP contribution >= 0.6 is 0 Å². The highest BCUT2D eigenvalue weighted by molar-refractivity contribution is 5.48. The van der Waals surface area contributed by atoms with E-state index in [-0.39, 0.29) is 0 Å². The van der Waals surface area contributed by atoms with E-state index in [1.165, 1.54) is 0 Å². The maximum Gasteiger partial charge on any atom is 0.134 e. The van der Waals surface area contributed by atoms with E-state index >= 15 is 0 Å². The van der Waals surface area contributed by atoms with E-state index in [0.717, 1.165) is 63.8 Å². The van der Waals surface area contributed by atoms with Gasteiger partial charge < -0.3 is 20.3 Å². The first kappa shape index (κ1) is 14.0. The molecule has 0 aromatic carbocycles. The van der Waals surface area contributed by atoms with E-state index in [4.69, 9.17) is 4.74 Å². The first-order chi connectivity index (χ1) is 9.40. The first-order valence-corrected chi connectivity index (χ1v) is 6.90. The highest BCUT2D eigenvalue weighted by atomic mass is 16.5. The van der Waals surface area contributed by atoms with Gasteiger partial charge in [0.25, 0.3) is 0 Å². The normalized spacial score (nSPS) is 16.2. The Bertz CT molecular complexity index is 366. The molecule has 0 atom stereocenters. The Morgan fingerprint density at radius 2 is 2.32 bits per heavy atom. The van der Waals surface area contributed by atoms with Gasteiger partial charge in [0.05, 0.1) is 0 Å². The van der Waals surface area contributed by atoms with Crippen LogP contribution in [0.5, 0.6) is 0 Å². The minimum atomic E-state index is 0.767. The first-order valence-electron chi connectivity index (χ1n) is 6.90. The molecule has 0 bridgehead atoms. The van der Waals surface area contributed by atoms with Crippen LogP contribution in [0.4, 0.5) is 11.6 Å². The van der Waals surface area contributed by atoms with E-state index < -0.39 is 0 Å². The molecule has 2 N–H and O–H groups in total. The van der Waals surface area contributed by atoms with Gasteiger partial charge in [0.1, 0.15) is 18.0 Å². The highest BCUT2D eigenvalue weighted by Crippen LogP contribution is 2.14. The summed E-state index contributed by atoms with van der Waals surface area (Å²) in [6.07, 6.45) is 3.76. The van der Waals surface area contributed by atoms with Gasteiger partial charge in [-0.1, -0.05) is 0 Å². The Balaban J connectivity index is 1.90. The Morgan fingerprint density at radius 1 is 1.37 bits per heavy atom. The second-order valence-corrected chi connectivity index (χ2v) is 4.63. The summed E-state index contributed by atoms with van der Waals surface area (Å²) < 4.78 is 5.02. The number of hydrogen-bond acceptors (Lipinski definition) is 6. The third-order valence-electron chi connectivity index (χ3n) is 3.15. The van der Waals surface area contributed by atoms with Gasteiger partial charge in [0, 0.05) is 46.0 Å². The number of aromatic nitrogens is 2. The summed E-state index contributed by atoms with van der Waals surface area (Å²) >= 11 is 0. The standard InChI is InChI=1S/C13H23N5O/c1-19-9-3-5-15-12-10-13(17-11-16-12)18-7-2-4-14-6-8-18/h10-11,14H,2-9H2,1H3,(H,15,16,17). The van der Waals surface area contributed by atoms with Crippen molar-refractivity contribution in [3.63, 3.8) is 0 Å². The van der Waals surface area contributed by atoms with E-state index in [1.54, 1.807) is 13.4 Å². The second-order valence-electron chi connectivity index (χ2n) is 4.63. The lowest BCUT2D eigenvalue weighted by Crippen LogP contribution is -2.28. The van der Waals surface area contributed by atoms with E-state index in [0.29, 0.717) is 0 Å². The Labute approximate surface area is 114 Å². The largest absolute Gasteiger partial charge is 0.385 e. The molecule has 19 heavy (non-hydrogen) atoms. The molecule has 0 unspecified atom stereocenters. The van der Waals surface area contributed by atoms with Gasteiger partial charge in [-0.05, 0) is 19.4 Å². The van der Waals surface area contributed by atoms with Crippen LogP contribution in [0.15, 0.2) is 12.4 Å². The summed E-state index contributed by atoms with van der Waals surface area (Å²) in [6.45, 7) is 5.78. The van der Waals surface area contributed by atoms with Crippen molar-refractivity contribution in [3.8, 4) is 0 Å². The fourth-order valence-electron chi connectivity index (χ4n) is 2.12. The van der Waals surface area contributed by atoms with Crippen LogP contribution in [0.3, 0.4) is 0 Å². The minimum absolute atomic E-state index is 0.767. The van der Waals surface area contributed by atoms with Gasteiger partial charge in [0.2, 0.25) is 0 Å². The maximum atomic E-state index is 5.02. The molecule has 0 saturated carbocycles. The number of nitrogens with one attached hydrogen (secondary N) is 2. The van der Waals surface area contributed by atoms with Crippen molar-refractivity contribution in [1.29, 1.82) is 0 Å². The van der Waals surface area contributed by atoms with Gasteiger partial charge in [-0.3, -0.25) is 0 Å². The molecule has 1 aromatic rings. The van der Waals surface area contributed by atoms with Crippen molar-refractivity contribution < 1.29 is 4.74 Å². The fourth-order valence-corrected chi connectivity index (χ4v) is 2.12. The molecule has 1 fully saturated rings. The molecule has 0 radical (unpaired) electrons. The van der Waals surface area contributed by atoms with E-state index in [1.807, 2.05) is 6.07 Å². The van der Waals surface area contributed by atoms with Gasteiger partial charge in [-0.15, -0.1) is 0 Å². The predicted molar refractivity (Wildman–Crippen MR) is 76.7 cm³/mol. The van der Waals surface area contributed by atoms with E-state index in [2.05, 4.69) is 25.5 Å².